The second-order valence-electron chi connectivity index (χ2n) is 3.35. The third-order valence-electron chi connectivity index (χ3n) is 2.25. The quantitative estimate of drug-likeness (QED) is 0.890. The van der Waals surface area contributed by atoms with Crippen molar-refractivity contribution in [3.63, 3.8) is 0 Å². The van der Waals surface area contributed by atoms with Gasteiger partial charge in [0, 0.05) is 11.3 Å². The molecular weight excluding hydrogens is 226 g/mol. The number of thiophene rings is 1. The maximum absolute atomic E-state index is 9.06. The van der Waals surface area contributed by atoms with Gasteiger partial charge in [-0.1, -0.05) is 6.07 Å². The molecule has 0 aliphatic heterocycles. The third kappa shape index (κ3) is 2.65. The maximum Gasteiger partial charge on any atom is 0.0935 e. The molecule has 80 valence electrons. The minimum atomic E-state index is 0.114. The predicted molar refractivity (Wildman–Crippen MR) is 64.5 cm³/mol. The van der Waals surface area contributed by atoms with E-state index in [1.807, 2.05) is 6.92 Å². The zero-order valence-electron chi connectivity index (χ0n) is 8.56. The van der Waals surface area contributed by atoms with Crippen LogP contribution < -0.4 is 0 Å². The Balaban J connectivity index is 1.99. The van der Waals surface area contributed by atoms with E-state index in [0.29, 0.717) is 0 Å². The molecule has 2 rings (SSSR count). The van der Waals surface area contributed by atoms with E-state index in [2.05, 4.69) is 22.5 Å². The van der Waals surface area contributed by atoms with Gasteiger partial charge in [0.1, 0.15) is 0 Å². The standard InChI is InChI=1S/C11H13NOS2/c1-8-10(7-13)15-11(12-8)5-4-9-3-2-6-14-9/h2-3,6,13H,4-5,7H2,1H3. The van der Waals surface area contributed by atoms with Crippen LogP contribution in [-0.4, -0.2) is 10.1 Å². The average Bonchev–Trinajstić information content (AvgIpc) is 2.83. The summed E-state index contributed by atoms with van der Waals surface area (Å²) in [4.78, 5) is 6.84. The van der Waals surface area contributed by atoms with Gasteiger partial charge in [-0.25, -0.2) is 4.98 Å². The first-order valence-corrected chi connectivity index (χ1v) is 6.57. The summed E-state index contributed by atoms with van der Waals surface area (Å²) in [7, 11) is 0. The first-order chi connectivity index (χ1) is 7.29. The Hall–Kier alpha value is -0.710. The van der Waals surface area contributed by atoms with Crippen molar-refractivity contribution < 1.29 is 5.11 Å². The van der Waals surface area contributed by atoms with E-state index in [1.54, 1.807) is 22.7 Å². The van der Waals surface area contributed by atoms with Crippen LogP contribution in [0.5, 0.6) is 0 Å². The lowest BCUT2D eigenvalue weighted by Crippen LogP contribution is -1.87. The molecule has 15 heavy (non-hydrogen) atoms. The molecule has 0 fully saturated rings. The van der Waals surface area contributed by atoms with Crippen LogP contribution in [0.4, 0.5) is 0 Å². The van der Waals surface area contributed by atoms with Crippen LogP contribution in [0.1, 0.15) is 20.5 Å². The predicted octanol–water partition coefficient (Wildman–Crippen LogP) is 2.79. The van der Waals surface area contributed by atoms with Crippen molar-refractivity contribution in [1.82, 2.24) is 4.98 Å². The van der Waals surface area contributed by atoms with Crippen LogP contribution in [0.15, 0.2) is 17.5 Å². The van der Waals surface area contributed by atoms with Gasteiger partial charge in [0.2, 0.25) is 0 Å². The first-order valence-electron chi connectivity index (χ1n) is 4.88. The summed E-state index contributed by atoms with van der Waals surface area (Å²) < 4.78 is 0. The molecule has 2 aromatic heterocycles. The Morgan fingerprint density at radius 3 is 2.87 bits per heavy atom. The van der Waals surface area contributed by atoms with Gasteiger partial charge in [-0.2, -0.15) is 0 Å². The topological polar surface area (TPSA) is 33.1 Å². The molecule has 0 atom stereocenters. The highest BCUT2D eigenvalue weighted by molar-refractivity contribution is 7.11. The SMILES string of the molecule is Cc1nc(CCc2cccs2)sc1CO. The van der Waals surface area contributed by atoms with Crippen LogP contribution >= 0.6 is 22.7 Å². The monoisotopic (exact) mass is 239 g/mol. The summed E-state index contributed by atoms with van der Waals surface area (Å²) in [6, 6.07) is 4.23. The van der Waals surface area contributed by atoms with E-state index in [4.69, 9.17) is 5.11 Å². The summed E-state index contributed by atoms with van der Waals surface area (Å²) >= 11 is 3.41. The number of hydrogen-bond donors (Lipinski definition) is 1. The lowest BCUT2D eigenvalue weighted by molar-refractivity contribution is 0.284. The van der Waals surface area contributed by atoms with Crippen molar-refractivity contribution in [3.05, 3.63) is 38.0 Å². The molecule has 0 aliphatic carbocycles. The fourth-order valence-electron chi connectivity index (χ4n) is 1.43. The van der Waals surface area contributed by atoms with E-state index < -0.39 is 0 Å². The first kappa shape index (κ1) is 10.8. The summed E-state index contributed by atoms with van der Waals surface area (Å²) in [6.07, 6.45) is 2.03. The Bertz CT molecular complexity index is 420. The fourth-order valence-corrected chi connectivity index (χ4v) is 3.06. The molecule has 0 saturated heterocycles. The van der Waals surface area contributed by atoms with Gasteiger partial charge in [0.15, 0.2) is 0 Å². The number of nitrogens with zero attached hydrogens (tertiary/aromatic N) is 1. The molecule has 0 amide bonds. The molecule has 0 unspecified atom stereocenters. The van der Waals surface area contributed by atoms with Gasteiger partial charge >= 0.3 is 0 Å². The Morgan fingerprint density at radius 1 is 1.40 bits per heavy atom. The van der Waals surface area contributed by atoms with E-state index in [1.165, 1.54) is 4.88 Å². The van der Waals surface area contributed by atoms with E-state index >= 15 is 0 Å². The summed E-state index contributed by atoms with van der Waals surface area (Å²) in [5.41, 5.74) is 0.976. The third-order valence-corrected chi connectivity index (χ3v) is 4.38. The molecule has 4 heteroatoms. The second kappa shape index (κ2) is 4.88. The number of aliphatic hydroxyl groups excluding tert-OH is 1. The smallest absolute Gasteiger partial charge is 0.0935 e. The number of aryl methyl sites for hydroxylation is 3. The minimum absolute atomic E-state index is 0.114. The largest absolute Gasteiger partial charge is 0.391 e. The fraction of sp³-hybridized carbons (Fsp3) is 0.364. The number of thiazole rings is 1. The highest BCUT2D eigenvalue weighted by Gasteiger charge is 2.06. The van der Waals surface area contributed by atoms with Crippen LogP contribution in [-0.2, 0) is 19.4 Å². The lowest BCUT2D eigenvalue weighted by Gasteiger charge is -1.92. The van der Waals surface area contributed by atoms with Crippen molar-refractivity contribution in [2.45, 2.75) is 26.4 Å². The van der Waals surface area contributed by atoms with E-state index in [-0.39, 0.29) is 6.61 Å². The molecule has 1 N–H and O–H groups in total. The molecule has 0 spiro atoms. The Morgan fingerprint density at radius 2 is 2.27 bits per heavy atom. The second-order valence-corrected chi connectivity index (χ2v) is 5.55. The van der Waals surface area contributed by atoms with Gasteiger partial charge < -0.3 is 5.11 Å². The van der Waals surface area contributed by atoms with Crippen LogP contribution in [0.25, 0.3) is 0 Å². The van der Waals surface area contributed by atoms with Crippen molar-refractivity contribution in [2.24, 2.45) is 0 Å². The van der Waals surface area contributed by atoms with E-state index in [9.17, 15) is 0 Å². The molecular formula is C11H13NOS2. The zero-order chi connectivity index (χ0) is 10.7. The van der Waals surface area contributed by atoms with Crippen LogP contribution in [0.2, 0.25) is 0 Å². The van der Waals surface area contributed by atoms with Gasteiger partial charge in [0.25, 0.3) is 0 Å². The molecule has 2 heterocycles. The van der Waals surface area contributed by atoms with Gasteiger partial charge in [-0.05, 0) is 24.8 Å². The summed E-state index contributed by atoms with van der Waals surface area (Å²) in [6.45, 7) is 2.07. The van der Waals surface area contributed by atoms with Crippen LogP contribution in [0.3, 0.4) is 0 Å². The van der Waals surface area contributed by atoms with Gasteiger partial charge in [0.05, 0.1) is 22.2 Å². The molecule has 0 radical (unpaired) electrons. The van der Waals surface area contributed by atoms with Crippen LogP contribution in [0, 0.1) is 6.92 Å². The molecule has 0 aromatic carbocycles. The Kier molecular flexibility index (Phi) is 3.51. The van der Waals surface area contributed by atoms with Crippen molar-refractivity contribution in [1.29, 1.82) is 0 Å². The molecule has 0 bridgehead atoms. The highest BCUT2D eigenvalue weighted by atomic mass is 32.1. The number of aliphatic hydroxyl groups is 1. The van der Waals surface area contributed by atoms with E-state index in [0.717, 1.165) is 28.4 Å². The summed E-state index contributed by atoms with van der Waals surface area (Å²) in [5, 5.41) is 12.3. The normalized spacial score (nSPS) is 10.8. The minimum Gasteiger partial charge on any atom is -0.391 e. The molecule has 2 aromatic rings. The molecule has 2 nitrogen and oxygen atoms in total. The lowest BCUT2D eigenvalue weighted by atomic mass is 10.3. The summed E-state index contributed by atoms with van der Waals surface area (Å²) in [5.74, 6) is 0. The number of aromatic nitrogens is 1. The van der Waals surface area contributed by atoms with Crippen molar-refractivity contribution in [2.75, 3.05) is 0 Å². The average molecular weight is 239 g/mol. The van der Waals surface area contributed by atoms with Crippen molar-refractivity contribution >= 4 is 22.7 Å². The molecule has 0 saturated carbocycles. The van der Waals surface area contributed by atoms with Crippen molar-refractivity contribution in [3.8, 4) is 0 Å². The van der Waals surface area contributed by atoms with Gasteiger partial charge in [-0.3, -0.25) is 0 Å². The number of hydrogen-bond acceptors (Lipinski definition) is 4. The maximum atomic E-state index is 9.06. The Labute approximate surface area is 97.2 Å². The number of rotatable bonds is 4. The zero-order valence-corrected chi connectivity index (χ0v) is 10.2. The highest BCUT2D eigenvalue weighted by Crippen LogP contribution is 2.20. The molecule has 0 aliphatic rings. The van der Waals surface area contributed by atoms with Gasteiger partial charge in [-0.15, -0.1) is 22.7 Å².